The smallest absolute Gasteiger partial charge is 0.323 e. The first-order chi connectivity index (χ1) is 13.6. The Balaban J connectivity index is 3.55. The van der Waals surface area contributed by atoms with Crippen LogP contribution < -0.4 is 5.73 Å². The fourth-order valence-corrected chi connectivity index (χ4v) is 3.24. The molecule has 0 atom stereocenters. The van der Waals surface area contributed by atoms with Crippen LogP contribution in [0.3, 0.4) is 0 Å². The van der Waals surface area contributed by atoms with Gasteiger partial charge in [-0.15, -0.1) is 0 Å². The Kier molecular flexibility index (Phi) is 19.4. The van der Waals surface area contributed by atoms with E-state index in [9.17, 15) is 9.59 Å². The van der Waals surface area contributed by atoms with E-state index in [2.05, 4.69) is 19.1 Å². The lowest BCUT2D eigenvalue weighted by molar-refractivity contribution is -0.144. The molecular weight excluding hydrogens is 352 g/mol. The summed E-state index contributed by atoms with van der Waals surface area (Å²) in [5.74, 6) is -1.02. The zero-order chi connectivity index (χ0) is 20.9. The van der Waals surface area contributed by atoms with Crippen molar-refractivity contribution in [1.29, 1.82) is 0 Å². The number of rotatable bonds is 20. The van der Waals surface area contributed by atoms with Crippen molar-refractivity contribution in [2.45, 2.75) is 103 Å². The van der Waals surface area contributed by atoms with Crippen molar-refractivity contribution in [2.24, 2.45) is 5.73 Å². The topological polar surface area (TPSA) is 83.6 Å². The average Bonchev–Trinajstić information content (AvgIpc) is 2.67. The number of nitrogens with zero attached hydrogens (tertiary/aromatic N) is 1. The minimum Gasteiger partial charge on any atom is -0.480 e. The lowest BCUT2D eigenvalue weighted by Crippen LogP contribution is -2.37. The normalized spacial score (nSPS) is 11.2. The van der Waals surface area contributed by atoms with Gasteiger partial charge in [-0.05, 0) is 45.1 Å². The first-order valence-electron chi connectivity index (χ1n) is 11.5. The van der Waals surface area contributed by atoms with Crippen LogP contribution >= 0.6 is 0 Å². The van der Waals surface area contributed by atoms with Gasteiger partial charge in [-0.2, -0.15) is 0 Å². The number of aliphatic carboxylic acids is 1. The van der Waals surface area contributed by atoms with Crippen LogP contribution in [0.15, 0.2) is 12.2 Å². The van der Waals surface area contributed by atoms with Gasteiger partial charge in [0.1, 0.15) is 6.54 Å². The predicted octanol–water partition coefficient (Wildman–Crippen LogP) is 5.29. The second-order valence-electron chi connectivity index (χ2n) is 7.69. The van der Waals surface area contributed by atoms with E-state index in [1.165, 1.54) is 62.7 Å². The molecule has 0 spiro atoms. The Morgan fingerprint density at radius 2 is 1.36 bits per heavy atom. The van der Waals surface area contributed by atoms with Gasteiger partial charge in [0.25, 0.3) is 0 Å². The van der Waals surface area contributed by atoms with Crippen molar-refractivity contribution >= 4 is 11.9 Å². The van der Waals surface area contributed by atoms with Gasteiger partial charge in [0.15, 0.2) is 0 Å². The van der Waals surface area contributed by atoms with Gasteiger partial charge in [-0.1, -0.05) is 70.4 Å². The number of allylic oxidation sites excluding steroid dienone is 2. The lowest BCUT2D eigenvalue weighted by Gasteiger charge is -2.20. The largest absolute Gasteiger partial charge is 0.480 e. The molecule has 0 unspecified atom stereocenters. The average molecular weight is 397 g/mol. The molecule has 0 aliphatic rings. The van der Waals surface area contributed by atoms with Crippen LogP contribution in [0.4, 0.5) is 0 Å². The Labute approximate surface area is 172 Å². The molecule has 164 valence electrons. The number of hydrogen-bond acceptors (Lipinski definition) is 3. The van der Waals surface area contributed by atoms with E-state index in [1.807, 2.05) is 0 Å². The SMILES string of the molecule is CCCCCCCC/C=C\CCCCCCCC(=O)N(CCCN)CC(=O)O. The van der Waals surface area contributed by atoms with Crippen LogP contribution in [-0.2, 0) is 9.59 Å². The number of nitrogens with two attached hydrogens (primary N) is 1. The van der Waals surface area contributed by atoms with E-state index in [4.69, 9.17) is 10.8 Å². The van der Waals surface area contributed by atoms with Gasteiger partial charge >= 0.3 is 5.97 Å². The van der Waals surface area contributed by atoms with Gasteiger partial charge in [0.05, 0.1) is 0 Å². The summed E-state index contributed by atoms with van der Waals surface area (Å²) in [5.41, 5.74) is 5.45. The maximum atomic E-state index is 12.1. The molecule has 0 fully saturated rings. The number of amides is 1. The minimum absolute atomic E-state index is 0.0616. The molecule has 0 saturated carbocycles. The Morgan fingerprint density at radius 3 is 1.89 bits per heavy atom. The van der Waals surface area contributed by atoms with Crippen molar-refractivity contribution in [3.63, 3.8) is 0 Å². The van der Waals surface area contributed by atoms with Crippen LogP contribution in [0, 0.1) is 0 Å². The molecule has 0 heterocycles. The molecule has 3 N–H and O–H groups in total. The van der Waals surface area contributed by atoms with Gasteiger partial charge in [0, 0.05) is 13.0 Å². The number of hydrogen-bond donors (Lipinski definition) is 2. The highest BCUT2D eigenvalue weighted by molar-refractivity contribution is 5.81. The minimum atomic E-state index is -0.963. The fourth-order valence-electron chi connectivity index (χ4n) is 3.24. The molecule has 0 radical (unpaired) electrons. The fraction of sp³-hybridized carbons (Fsp3) is 0.826. The maximum absolute atomic E-state index is 12.1. The molecule has 5 nitrogen and oxygen atoms in total. The van der Waals surface area contributed by atoms with E-state index in [1.54, 1.807) is 0 Å². The van der Waals surface area contributed by atoms with Gasteiger partial charge < -0.3 is 15.7 Å². The predicted molar refractivity (Wildman–Crippen MR) is 117 cm³/mol. The van der Waals surface area contributed by atoms with Crippen LogP contribution in [0.2, 0.25) is 0 Å². The summed E-state index contributed by atoms with van der Waals surface area (Å²) in [6, 6.07) is 0. The lowest BCUT2D eigenvalue weighted by atomic mass is 10.1. The zero-order valence-corrected chi connectivity index (χ0v) is 18.2. The third-order valence-electron chi connectivity index (χ3n) is 4.96. The summed E-state index contributed by atoms with van der Waals surface area (Å²) in [6.07, 6.45) is 21.6. The maximum Gasteiger partial charge on any atom is 0.323 e. The summed E-state index contributed by atoms with van der Waals surface area (Å²) in [5, 5.41) is 8.91. The molecule has 0 bridgehead atoms. The van der Waals surface area contributed by atoms with E-state index in [0.717, 1.165) is 25.7 Å². The highest BCUT2D eigenvalue weighted by atomic mass is 16.4. The van der Waals surface area contributed by atoms with Gasteiger partial charge in [-0.25, -0.2) is 0 Å². The number of carboxylic acid groups (broad SMARTS) is 1. The number of carbonyl (C=O) groups excluding carboxylic acids is 1. The first-order valence-corrected chi connectivity index (χ1v) is 11.5. The summed E-state index contributed by atoms with van der Waals surface area (Å²) in [7, 11) is 0. The third-order valence-corrected chi connectivity index (χ3v) is 4.96. The highest BCUT2D eigenvalue weighted by Gasteiger charge is 2.15. The van der Waals surface area contributed by atoms with E-state index < -0.39 is 5.97 Å². The highest BCUT2D eigenvalue weighted by Crippen LogP contribution is 2.10. The summed E-state index contributed by atoms with van der Waals surface area (Å²) >= 11 is 0. The molecule has 0 aliphatic heterocycles. The number of unbranched alkanes of at least 4 members (excludes halogenated alkanes) is 11. The van der Waals surface area contributed by atoms with Gasteiger partial charge in [0.2, 0.25) is 5.91 Å². The molecule has 28 heavy (non-hydrogen) atoms. The van der Waals surface area contributed by atoms with Crippen LogP contribution in [-0.4, -0.2) is 41.5 Å². The Morgan fingerprint density at radius 1 is 0.821 bits per heavy atom. The van der Waals surface area contributed by atoms with E-state index >= 15 is 0 Å². The standard InChI is InChI=1S/C23H44N2O3/c1-2-3-4-5-6-7-8-9-10-11-12-13-14-15-16-18-22(26)25(20-17-19-24)21-23(27)28/h9-10H,2-8,11-21,24H2,1H3,(H,27,28)/b10-9-. The molecule has 1 amide bonds. The summed E-state index contributed by atoms with van der Waals surface area (Å²) in [4.78, 5) is 24.4. The molecular formula is C23H44N2O3. The van der Waals surface area contributed by atoms with Crippen LogP contribution in [0.25, 0.3) is 0 Å². The first kappa shape index (κ1) is 26.6. The van der Waals surface area contributed by atoms with E-state index in [0.29, 0.717) is 25.9 Å². The Bertz CT molecular complexity index is 411. The van der Waals surface area contributed by atoms with Crippen molar-refractivity contribution in [3.05, 3.63) is 12.2 Å². The van der Waals surface area contributed by atoms with Crippen molar-refractivity contribution in [2.75, 3.05) is 19.6 Å². The molecule has 5 heteroatoms. The molecule has 0 aliphatic carbocycles. The van der Waals surface area contributed by atoms with Crippen LogP contribution in [0.5, 0.6) is 0 Å². The van der Waals surface area contributed by atoms with Crippen LogP contribution in [0.1, 0.15) is 103 Å². The second-order valence-corrected chi connectivity index (χ2v) is 7.69. The monoisotopic (exact) mass is 396 g/mol. The molecule has 0 aromatic heterocycles. The number of carboxylic acids is 1. The summed E-state index contributed by atoms with van der Waals surface area (Å²) < 4.78 is 0. The zero-order valence-electron chi connectivity index (χ0n) is 18.2. The van der Waals surface area contributed by atoms with Crippen molar-refractivity contribution < 1.29 is 14.7 Å². The quantitative estimate of drug-likeness (QED) is 0.216. The third kappa shape index (κ3) is 18.0. The molecule has 0 saturated heterocycles. The molecule has 0 aromatic rings. The van der Waals surface area contributed by atoms with Crippen molar-refractivity contribution in [3.8, 4) is 0 Å². The van der Waals surface area contributed by atoms with Crippen molar-refractivity contribution in [1.82, 2.24) is 4.90 Å². The second kappa shape index (κ2) is 20.4. The summed E-state index contributed by atoms with van der Waals surface area (Å²) in [6.45, 7) is 2.94. The molecule has 0 rings (SSSR count). The number of carbonyl (C=O) groups is 2. The van der Waals surface area contributed by atoms with E-state index in [-0.39, 0.29) is 12.5 Å². The van der Waals surface area contributed by atoms with Gasteiger partial charge in [-0.3, -0.25) is 9.59 Å². The molecule has 0 aromatic carbocycles. The Hall–Kier alpha value is -1.36.